The van der Waals surface area contributed by atoms with Gasteiger partial charge in [-0.25, -0.2) is 0 Å². The molecule has 1 aliphatic carbocycles. The van der Waals surface area contributed by atoms with E-state index in [0.29, 0.717) is 12.5 Å². The van der Waals surface area contributed by atoms with Crippen molar-refractivity contribution in [1.29, 1.82) is 0 Å². The van der Waals surface area contributed by atoms with Gasteiger partial charge in [0.05, 0.1) is 29.4 Å². The van der Waals surface area contributed by atoms with E-state index in [-0.39, 0.29) is 17.3 Å². The fourth-order valence-corrected chi connectivity index (χ4v) is 4.24. The van der Waals surface area contributed by atoms with E-state index in [4.69, 9.17) is 14.4 Å². The maximum atomic E-state index is 10.7. The Hall–Kier alpha value is -1.37. The quantitative estimate of drug-likeness (QED) is 0.840. The van der Waals surface area contributed by atoms with Gasteiger partial charge in [-0.3, -0.25) is 4.68 Å². The van der Waals surface area contributed by atoms with Gasteiger partial charge >= 0.3 is 7.12 Å². The Morgan fingerprint density at radius 2 is 1.81 bits per heavy atom. The highest BCUT2D eigenvalue weighted by atomic mass is 16.7. The van der Waals surface area contributed by atoms with Crippen LogP contribution in [0.5, 0.6) is 0 Å². The summed E-state index contributed by atoms with van der Waals surface area (Å²) in [4.78, 5) is 0. The molecule has 0 radical (unpaired) electrons. The Kier molecular flexibility index (Phi) is 4.85. The van der Waals surface area contributed by atoms with Crippen LogP contribution in [0.3, 0.4) is 0 Å². The molecule has 1 saturated heterocycles. The van der Waals surface area contributed by atoms with Gasteiger partial charge in [-0.2, -0.15) is 5.10 Å². The van der Waals surface area contributed by atoms with E-state index in [2.05, 4.69) is 27.7 Å². The van der Waals surface area contributed by atoms with Crippen LogP contribution in [-0.2, 0) is 15.9 Å². The van der Waals surface area contributed by atoms with E-state index in [1.807, 2.05) is 29.1 Å². The zero-order chi connectivity index (χ0) is 19.2. The van der Waals surface area contributed by atoms with Gasteiger partial charge in [-0.05, 0) is 58.0 Å². The van der Waals surface area contributed by atoms with Gasteiger partial charge < -0.3 is 14.4 Å². The van der Waals surface area contributed by atoms with E-state index >= 15 is 0 Å². The molecule has 1 saturated carbocycles. The van der Waals surface area contributed by atoms with Crippen molar-refractivity contribution in [1.82, 2.24) is 9.78 Å². The van der Waals surface area contributed by atoms with E-state index in [9.17, 15) is 5.11 Å². The van der Waals surface area contributed by atoms with Gasteiger partial charge in [0.25, 0.3) is 0 Å². The average Bonchev–Trinajstić information content (AvgIpc) is 3.12. The first-order chi connectivity index (χ1) is 12.8. The molecule has 5 nitrogen and oxygen atoms in total. The molecule has 0 spiro atoms. The number of nitrogens with zero attached hydrogens (tertiary/aromatic N) is 2. The molecule has 27 heavy (non-hydrogen) atoms. The third kappa shape index (κ3) is 3.55. The molecule has 2 aliphatic rings. The number of benzene rings is 1. The van der Waals surface area contributed by atoms with Gasteiger partial charge in [0.1, 0.15) is 0 Å². The largest absolute Gasteiger partial charge is 0.495 e. The van der Waals surface area contributed by atoms with Crippen molar-refractivity contribution < 1.29 is 14.4 Å². The SMILES string of the molecule is CC1(C)OB(c2cccc3nn(CC(O)C4CCCCC4)cc23)OC1(C)C. The number of hydrogen-bond donors (Lipinski definition) is 1. The molecule has 1 N–H and O–H groups in total. The molecule has 2 fully saturated rings. The fraction of sp³-hybridized carbons (Fsp3) is 0.667. The molecule has 1 unspecified atom stereocenters. The molecule has 0 amide bonds. The number of aliphatic hydroxyl groups excluding tert-OH is 1. The summed E-state index contributed by atoms with van der Waals surface area (Å²) in [5.74, 6) is 0.397. The van der Waals surface area contributed by atoms with Crippen LogP contribution in [0, 0.1) is 5.92 Å². The van der Waals surface area contributed by atoms with Crippen LogP contribution < -0.4 is 5.46 Å². The Labute approximate surface area is 162 Å². The van der Waals surface area contributed by atoms with Crippen LogP contribution in [-0.4, -0.2) is 39.3 Å². The first-order valence-electron chi connectivity index (χ1n) is 10.3. The minimum Gasteiger partial charge on any atom is -0.399 e. The summed E-state index contributed by atoms with van der Waals surface area (Å²) in [6.45, 7) is 8.81. The molecule has 146 valence electrons. The number of aliphatic hydroxyl groups is 1. The van der Waals surface area contributed by atoms with E-state index in [1.165, 1.54) is 19.3 Å². The van der Waals surface area contributed by atoms with Crippen molar-refractivity contribution in [2.45, 2.75) is 83.6 Å². The maximum Gasteiger partial charge on any atom is 0.495 e. The molecular formula is C21H31BN2O3. The summed E-state index contributed by atoms with van der Waals surface area (Å²) in [6, 6.07) is 6.05. The lowest BCUT2D eigenvalue weighted by molar-refractivity contribution is 0.00578. The Morgan fingerprint density at radius 3 is 2.48 bits per heavy atom. The molecule has 2 aromatic rings. The Bertz CT molecular complexity index is 795. The predicted octanol–water partition coefficient (Wildman–Crippen LogP) is 3.28. The Morgan fingerprint density at radius 1 is 1.15 bits per heavy atom. The zero-order valence-electron chi connectivity index (χ0n) is 16.9. The lowest BCUT2D eigenvalue weighted by Gasteiger charge is -2.32. The second kappa shape index (κ2) is 6.91. The highest BCUT2D eigenvalue weighted by molar-refractivity contribution is 6.65. The van der Waals surface area contributed by atoms with Crippen molar-refractivity contribution in [3.05, 3.63) is 24.4 Å². The monoisotopic (exact) mass is 370 g/mol. The second-order valence-corrected chi connectivity index (χ2v) is 9.18. The molecule has 1 aromatic heterocycles. The van der Waals surface area contributed by atoms with Crippen molar-refractivity contribution in [3.63, 3.8) is 0 Å². The van der Waals surface area contributed by atoms with Crippen LogP contribution in [0.15, 0.2) is 24.4 Å². The molecule has 6 heteroatoms. The molecule has 1 aliphatic heterocycles. The van der Waals surface area contributed by atoms with Crippen molar-refractivity contribution in [2.24, 2.45) is 5.92 Å². The average molecular weight is 370 g/mol. The van der Waals surface area contributed by atoms with Crippen LogP contribution in [0.1, 0.15) is 59.8 Å². The van der Waals surface area contributed by atoms with Crippen molar-refractivity contribution in [3.8, 4) is 0 Å². The van der Waals surface area contributed by atoms with E-state index < -0.39 is 7.12 Å². The molecule has 1 aromatic carbocycles. The van der Waals surface area contributed by atoms with Gasteiger partial charge in [0, 0.05) is 11.6 Å². The van der Waals surface area contributed by atoms with Crippen molar-refractivity contribution in [2.75, 3.05) is 0 Å². The van der Waals surface area contributed by atoms with Gasteiger partial charge in [-0.1, -0.05) is 31.4 Å². The van der Waals surface area contributed by atoms with Crippen LogP contribution in [0.2, 0.25) is 0 Å². The zero-order valence-corrected chi connectivity index (χ0v) is 16.9. The Balaban J connectivity index is 1.57. The minimum absolute atomic E-state index is 0.333. The number of hydrogen-bond acceptors (Lipinski definition) is 4. The van der Waals surface area contributed by atoms with Gasteiger partial charge in [-0.15, -0.1) is 0 Å². The maximum absolute atomic E-state index is 10.7. The van der Waals surface area contributed by atoms with Crippen LogP contribution >= 0.6 is 0 Å². The standard InChI is InChI=1S/C21H31BN2O3/c1-20(2)21(3,4)27-22(26-20)17-11-8-12-18-16(17)13-24(23-18)14-19(25)15-9-6-5-7-10-15/h8,11-13,15,19,25H,5-7,9-10,14H2,1-4H3. The first-order valence-corrected chi connectivity index (χ1v) is 10.3. The van der Waals surface area contributed by atoms with Crippen LogP contribution in [0.4, 0.5) is 0 Å². The van der Waals surface area contributed by atoms with Crippen molar-refractivity contribution >= 4 is 23.5 Å². The number of aromatic nitrogens is 2. The highest BCUT2D eigenvalue weighted by Gasteiger charge is 2.52. The molecular weight excluding hydrogens is 339 g/mol. The highest BCUT2D eigenvalue weighted by Crippen LogP contribution is 2.37. The van der Waals surface area contributed by atoms with Crippen LogP contribution in [0.25, 0.3) is 10.9 Å². The van der Waals surface area contributed by atoms with Gasteiger partial charge in [0.2, 0.25) is 0 Å². The summed E-state index contributed by atoms with van der Waals surface area (Å²) in [5, 5.41) is 16.4. The lowest BCUT2D eigenvalue weighted by atomic mass is 9.77. The molecule has 4 rings (SSSR count). The smallest absolute Gasteiger partial charge is 0.399 e. The third-order valence-corrected chi connectivity index (χ3v) is 6.71. The van der Waals surface area contributed by atoms with Gasteiger partial charge in [0.15, 0.2) is 0 Å². The number of fused-ring (bicyclic) bond motifs is 1. The molecule has 1 atom stereocenters. The number of rotatable bonds is 4. The van der Waals surface area contributed by atoms with E-state index in [0.717, 1.165) is 29.2 Å². The topological polar surface area (TPSA) is 56.5 Å². The van der Waals surface area contributed by atoms with E-state index in [1.54, 1.807) is 0 Å². The second-order valence-electron chi connectivity index (χ2n) is 9.18. The lowest BCUT2D eigenvalue weighted by Crippen LogP contribution is -2.41. The normalized spacial score (nSPS) is 23.8. The summed E-state index contributed by atoms with van der Waals surface area (Å²) < 4.78 is 14.4. The molecule has 0 bridgehead atoms. The molecule has 2 heterocycles. The third-order valence-electron chi connectivity index (χ3n) is 6.71. The summed E-state index contributed by atoms with van der Waals surface area (Å²) in [7, 11) is -0.403. The first kappa shape index (κ1) is 19.0. The fourth-order valence-electron chi connectivity index (χ4n) is 4.24. The summed E-state index contributed by atoms with van der Waals surface area (Å²) in [6.07, 6.45) is 7.71. The summed E-state index contributed by atoms with van der Waals surface area (Å²) in [5.41, 5.74) is 1.18. The summed E-state index contributed by atoms with van der Waals surface area (Å²) >= 11 is 0. The predicted molar refractivity (Wildman–Crippen MR) is 108 cm³/mol. The minimum atomic E-state index is -0.403.